The smallest absolute Gasteiger partial charge is 0.0860 e. The molecule has 0 radical (unpaired) electrons. The predicted octanol–water partition coefficient (Wildman–Crippen LogP) is -0.00540. The minimum absolute atomic E-state index is 0.240. The van der Waals surface area contributed by atoms with Crippen LogP contribution in [0.15, 0.2) is 18.5 Å². The third kappa shape index (κ3) is 5.85. The molecule has 0 saturated heterocycles. The lowest BCUT2D eigenvalue weighted by atomic mass is 10.2. The number of hydrogen-bond donors (Lipinski definition) is 3. The van der Waals surface area contributed by atoms with Crippen LogP contribution in [0.1, 0.15) is 19.8 Å². The highest BCUT2D eigenvalue weighted by atomic mass is 16.3. The summed E-state index contributed by atoms with van der Waals surface area (Å²) >= 11 is 0. The second-order valence-corrected chi connectivity index (χ2v) is 4.08. The van der Waals surface area contributed by atoms with Gasteiger partial charge in [-0.2, -0.15) is 5.10 Å². The van der Waals surface area contributed by atoms with Crippen LogP contribution in [-0.2, 0) is 6.54 Å². The van der Waals surface area contributed by atoms with Crippen molar-refractivity contribution in [3.05, 3.63) is 18.5 Å². The maximum atomic E-state index is 9.66. The Labute approximate surface area is 96.1 Å². The van der Waals surface area contributed by atoms with Gasteiger partial charge in [0, 0.05) is 18.9 Å². The van der Waals surface area contributed by atoms with Crippen molar-refractivity contribution in [3.8, 4) is 0 Å². The van der Waals surface area contributed by atoms with Gasteiger partial charge in [-0.25, -0.2) is 0 Å². The summed E-state index contributed by atoms with van der Waals surface area (Å²) in [5, 5.41) is 25.9. The molecule has 3 N–H and O–H groups in total. The van der Waals surface area contributed by atoms with E-state index in [1.807, 2.05) is 12.3 Å². The fraction of sp³-hybridized carbons (Fsp3) is 0.727. The van der Waals surface area contributed by atoms with Gasteiger partial charge in [0.15, 0.2) is 0 Å². The maximum Gasteiger partial charge on any atom is 0.0860 e. The quantitative estimate of drug-likeness (QED) is 0.547. The number of aromatic nitrogens is 2. The Bertz CT molecular complexity index is 262. The Balaban J connectivity index is 2.00. The Kier molecular flexibility index (Phi) is 6.07. The average molecular weight is 227 g/mol. The zero-order valence-electron chi connectivity index (χ0n) is 9.71. The van der Waals surface area contributed by atoms with E-state index in [9.17, 15) is 5.11 Å². The first-order valence-corrected chi connectivity index (χ1v) is 5.72. The fourth-order valence-electron chi connectivity index (χ4n) is 1.48. The van der Waals surface area contributed by atoms with E-state index in [0.717, 1.165) is 19.4 Å². The van der Waals surface area contributed by atoms with Crippen LogP contribution in [0, 0.1) is 0 Å². The van der Waals surface area contributed by atoms with E-state index >= 15 is 0 Å². The zero-order chi connectivity index (χ0) is 11.8. The summed E-state index contributed by atoms with van der Waals surface area (Å²) in [6, 6.07) is 1.84. The molecule has 16 heavy (non-hydrogen) atoms. The first-order valence-electron chi connectivity index (χ1n) is 5.72. The van der Waals surface area contributed by atoms with Crippen LogP contribution >= 0.6 is 0 Å². The molecule has 0 aliphatic heterocycles. The lowest BCUT2D eigenvalue weighted by Crippen LogP contribution is -2.31. The summed E-state index contributed by atoms with van der Waals surface area (Å²) in [6.45, 7) is 3.67. The summed E-state index contributed by atoms with van der Waals surface area (Å²) in [7, 11) is 0. The molecule has 0 aliphatic rings. The van der Waals surface area contributed by atoms with Crippen LogP contribution in [0.4, 0.5) is 0 Å². The van der Waals surface area contributed by atoms with Crippen molar-refractivity contribution in [1.29, 1.82) is 0 Å². The molecule has 2 unspecified atom stereocenters. The Morgan fingerprint density at radius 2 is 2.25 bits per heavy atom. The monoisotopic (exact) mass is 227 g/mol. The van der Waals surface area contributed by atoms with Gasteiger partial charge in [-0.15, -0.1) is 0 Å². The lowest BCUT2D eigenvalue weighted by Gasteiger charge is -2.12. The van der Waals surface area contributed by atoms with E-state index in [-0.39, 0.29) is 6.10 Å². The molecule has 5 heteroatoms. The van der Waals surface area contributed by atoms with Crippen molar-refractivity contribution in [2.75, 3.05) is 13.1 Å². The molecule has 0 fully saturated rings. The topological polar surface area (TPSA) is 70.3 Å². The average Bonchev–Trinajstić information content (AvgIpc) is 2.69. The summed E-state index contributed by atoms with van der Waals surface area (Å²) in [4.78, 5) is 0. The Hall–Kier alpha value is -0.910. The van der Waals surface area contributed by atoms with E-state index in [1.165, 1.54) is 0 Å². The SMILES string of the molecule is CC(O)CCCNCC(O)Cn1cccn1. The van der Waals surface area contributed by atoms with Crippen molar-refractivity contribution in [3.63, 3.8) is 0 Å². The van der Waals surface area contributed by atoms with E-state index < -0.39 is 6.10 Å². The van der Waals surface area contributed by atoms with E-state index in [2.05, 4.69) is 10.4 Å². The van der Waals surface area contributed by atoms with Gasteiger partial charge in [0.2, 0.25) is 0 Å². The summed E-state index contributed by atoms with van der Waals surface area (Å²) in [5.74, 6) is 0. The van der Waals surface area contributed by atoms with Gasteiger partial charge in [0.1, 0.15) is 0 Å². The molecule has 1 aromatic rings. The van der Waals surface area contributed by atoms with Crippen LogP contribution in [0.3, 0.4) is 0 Å². The van der Waals surface area contributed by atoms with Gasteiger partial charge >= 0.3 is 0 Å². The second-order valence-electron chi connectivity index (χ2n) is 4.08. The molecule has 2 atom stereocenters. The fourth-order valence-corrected chi connectivity index (χ4v) is 1.48. The number of hydrogen-bond acceptors (Lipinski definition) is 4. The normalized spacial score (nSPS) is 14.9. The van der Waals surface area contributed by atoms with Crippen molar-refractivity contribution in [2.45, 2.75) is 38.5 Å². The molecule has 1 rings (SSSR count). The van der Waals surface area contributed by atoms with Crippen LogP contribution in [-0.4, -0.2) is 45.3 Å². The molecule has 1 aromatic heterocycles. The number of rotatable bonds is 8. The molecule has 5 nitrogen and oxygen atoms in total. The Morgan fingerprint density at radius 1 is 1.44 bits per heavy atom. The number of aliphatic hydroxyl groups is 2. The largest absolute Gasteiger partial charge is 0.393 e. The summed E-state index contributed by atoms with van der Waals surface area (Å²) in [6.07, 6.45) is 4.58. The van der Waals surface area contributed by atoms with Crippen LogP contribution < -0.4 is 5.32 Å². The summed E-state index contributed by atoms with van der Waals surface area (Å²) in [5.41, 5.74) is 0. The number of nitrogens with zero attached hydrogens (tertiary/aromatic N) is 2. The zero-order valence-corrected chi connectivity index (χ0v) is 9.71. The highest BCUT2D eigenvalue weighted by molar-refractivity contribution is 4.78. The minimum atomic E-state index is -0.425. The summed E-state index contributed by atoms with van der Waals surface area (Å²) < 4.78 is 1.71. The van der Waals surface area contributed by atoms with Gasteiger partial charge in [0.25, 0.3) is 0 Å². The highest BCUT2D eigenvalue weighted by Crippen LogP contribution is 1.94. The van der Waals surface area contributed by atoms with Gasteiger partial charge in [0.05, 0.1) is 18.8 Å². The van der Waals surface area contributed by atoms with Gasteiger partial charge in [-0.1, -0.05) is 0 Å². The van der Waals surface area contributed by atoms with Crippen LogP contribution in [0.2, 0.25) is 0 Å². The minimum Gasteiger partial charge on any atom is -0.393 e. The second kappa shape index (κ2) is 7.38. The molecule has 0 saturated carbocycles. The molecule has 0 spiro atoms. The van der Waals surface area contributed by atoms with E-state index in [1.54, 1.807) is 17.8 Å². The van der Waals surface area contributed by atoms with Crippen LogP contribution in [0.25, 0.3) is 0 Å². The molecule has 0 amide bonds. The van der Waals surface area contributed by atoms with E-state index in [4.69, 9.17) is 5.11 Å². The third-order valence-corrected chi connectivity index (χ3v) is 2.31. The molecule has 1 heterocycles. The molecule has 0 bridgehead atoms. The highest BCUT2D eigenvalue weighted by Gasteiger charge is 2.04. The van der Waals surface area contributed by atoms with Crippen molar-refractivity contribution in [2.24, 2.45) is 0 Å². The molecule has 0 aliphatic carbocycles. The van der Waals surface area contributed by atoms with Crippen molar-refractivity contribution < 1.29 is 10.2 Å². The van der Waals surface area contributed by atoms with Gasteiger partial charge in [-0.3, -0.25) is 4.68 Å². The number of nitrogens with one attached hydrogen (secondary N) is 1. The van der Waals surface area contributed by atoms with Crippen molar-refractivity contribution >= 4 is 0 Å². The first kappa shape index (κ1) is 13.2. The standard InChI is InChI=1S/C11H21N3O2/c1-10(15)4-2-5-12-8-11(16)9-14-7-3-6-13-14/h3,6-7,10-12,15-16H,2,4-5,8-9H2,1H3. The Morgan fingerprint density at radius 3 is 2.88 bits per heavy atom. The van der Waals surface area contributed by atoms with Crippen LogP contribution in [0.5, 0.6) is 0 Å². The lowest BCUT2D eigenvalue weighted by molar-refractivity contribution is 0.145. The molecular formula is C11H21N3O2. The first-order chi connectivity index (χ1) is 7.68. The molecule has 92 valence electrons. The molecular weight excluding hydrogens is 206 g/mol. The van der Waals surface area contributed by atoms with Gasteiger partial charge in [-0.05, 0) is 32.4 Å². The molecule has 0 aromatic carbocycles. The predicted molar refractivity (Wildman–Crippen MR) is 62.0 cm³/mol. The van der Waals surface area contributed by atoms with E-state index in [0.29, 0.717) is 13.1 Å². The third-order valence-electron chi connectivity index (χ3n) is 2.31. The number of aliphatic hydroxyl groups excluding tert-OH is 2. The maximum absolute atomic E-state index is 9.66. The van der Waals surface area contributed by atoms with Gasteiger partial charge < -0.3 is 15.5 Å². The van der Waals surface area contributed by atoms with Crippen molar-refractivity contribution in [1.82, 2.24) is 15.1 Å².